The minimum Gasteiger partial charge on any atom is -0.300 e. The summed E-state index contributed by atoms with van der Waals surface area (Å²) in [5.74, 6) is 0.167. The standard InChI is InChI=1S/C6H11N.C3H6O.2C2H6/c1-4-5-6(2)7-3;1-3(2)4;2*1-2/h4-5H,1-3H3;1-2H3;2*1-2H3/b5-4-,7-6?;;;. The van der Waals surface area contributed by atoms with Gasteiger partial charge in [0.25, 0.3) is 0 Å². The first-order valence-corrected chi connectivity index (χ1v) is 5.57. The van der Waals surface area contributed by atoms with Crippen molar-refractivity contribution in [1.82, 2.24) is 0 Å². The summed E-state index contributed by atoms with van der Waals surface area (Å²) in [6.07, 6.45) is 3.95. The zero-order valence-corrected chi connectivity index (χ0v) is 12.0. The van der Waals surface area contributed by atoms with E-state index in [0.717, 1.165) is 5.71 Å². The van der Waals surface area contributed by atoms with Gasteiger partial charge < -0.3 is 4.79 Å². The van der Waals surface area contributed by atoms with Gasteiger partial charge in [0, 0.05) is 12.8 Å². The zero-order chi connectivity index (χ0) is 13.3. The van der Waals surface area contributed by atoms with Crippen LogP contribution in [0.1, 0.15) is 55.4 Å². The van der Waals surface area contributed by atoms with E-state index in [0.29, 0.717) is 0 Å². The van der Waals surface area contributed by atoms with E-state index in [1.54, 1.807) is 7.05 Å². The summed E-state index contributed by atoms with van der Waals surface area (Å²) in [7, 11) is 1.79. The smallest absolute Gasteiger partial charge is 0.126 e. The maximum Gasteiger partial charge on any atom is 0.126 e. The number of carbonyl (C=O) groups is 1. The summed E-state index contributed by atoms with van der Waals surface area (Å²) in [6, 6.07) is 0. The topological polar surface area (TPSA) is 29.4 Å². The molecule has 0 saturated carbocycles. The molecule has 0 aromatic heterocycles. The van der Waals surface area contributed by atoms with Crippen LogP contribution in [0, 0.1) is 0 Å². The number of Topliss-reactive ketones (excluding diaryl/α,β-unsaturated/α-hetero) is 1. The Morgan fingerprint density at radius 2 is 1.27 bits per heavy atom. The summed E-state index contributed by atoms with van der Waals surface area (Å²) in [6.45, 7) is 15.0. The van der Waals surface area contributed by atoms with E-state index in [1.807, 2.05) is 53.7 Å². The Morgan fingerprint density at radius 1 is 1.00 bits per heavy atom. The quantitative estimate of drug-likeness (QED) is 0.600. The average molecular weight is 215 g/mol. The number of carbonyl (C=O) groups excluding carboxylic acids is 1. The molecule has 0 aromatic rings. The molecule has 0 spiro atoms. The minimum absolute atomic E-state index is 0.167. The Balaban J connectivity index is -0.0000000647. The molecule has 0 atom stereocenters. The predicted octanol–water partition coefficient (Wildman–Crippen LogP) is 4.30. The van der Waals surface area contributed by atoms with E-state index >= 15 is 0 Å². The highest BCUT2D eigenvalue weighted by atomic mass is 16.1. The molecule has 2 nitrogen and oxygen atoms in total. The summed E-state index contributed by atoms with van der Waals surface area (Å²) < 4.78 is 0. The van der Waals surface area contributed by atoms with Crippen molar-refractivity contribution in [3.05, 3.63) is 12.2 Å². The number of nitrogens with zero attached hydrogens (tertiary/aromatic N) is 1. The van der Waals surface area contributed by atoms with Crippen molar-refractivity contribution >= 4 is 11.5 Å². The molecular formula is C13H29NO. The highest BCUT2D eigenvalue weighted by Crippen LogP contribution is 1.75. The molecule has 0 fully saturated rings. The van der Waals surface area contributed by atoms with Crippen LogP contribution in [0.5, 0.6) is 0 Å². The Labute approximate surface area is 96.5 Å². The second kappa shape index (κ2) is 29.2. The average Bonchev–Trinajstić information content (AvgIpc) is 2.23. The molecule has 15 heavy (non-hydrogen) atoms. The van der Waals surface area contributed by atoms with Gasteiger partial charge in [0.15, 0.2) is 0 Å². The molecule has 0 rings (SSSR count). The van der Waals surface area contributed by atoms with Crippen molar-refractivity contribution < 1.29 is 4.79 Å². The molecule has 0 saturated heterocycles. The van der Waals surface area contributed by atoms with Gasteiger partial charge >= 0.3 is 0 Å². The van der Waals surface area contributed by atoms with E-state index in [1.165, 1.54) is 13.8 Å². The lowest BCUT2D eigenvalue weighted by atomic mass is 10.4. The van der Waals surface area contributed by atoms with Crippen LogP contribution in [0.3, 0.4) is 0 Å². The highest BCUT2D eigenvalue weighted by molar-refractivity contribution is 5.92. The van der Waals surface area contributed by atoms with Gasteiger partial charge in [-0.15, -0.1) is 0 Å². The first-order chi connectivity index (χ1) is 7.04. The number of hydrogen-bond acceptors (Lipinski definition) is 2. The highest BCUT2D eigenvalue weighted by Gasteiger charge is 1.71. The van der Waals surface area contributed by atoms with Crippen molar-refractivity contribution in [2.45, 2.75) is 55.4 Å². The fourth-order valence-corrected chi connectivity index (χ4v) is 0.316. The van der Waals surface area contributed by atoms with Crippen molar-refractivity contribution in [3.63, 3.8) is 0 Å². The molecule has 0 bridgehead atoms. The Kier molecular flexibility index (Phi) is 46.2. The van der Waals surface area contributed by atoms with Crippen molar-refractivity contribution in [2.75, 3.05) is 7.05 Å². The van der Waals surface area contributed by atoms with E-state index in [-0.39, 0.29) is 5.78 Å². The summed E-state index contributed by atoms with van der Waals surface area (Å²) in [5, 5.41) is 0. The monoisotopic (exact) mass is 215 g/mol. The Bertz CT molecular complexity index is 154. The molecule has 92 valence electrons. The Morgan fingerprint density at radius 3 is 1.33 bits per heavy atom. The van der Waals surface area contributed by atoms with E-state index in [2.05, 4.69) is 4.99 Å². The van der Waals surface area contributed by atoms with Crippen LogP contribution >= 0.6 is 0 Å². The molecule has 0 aliphatic carbocycles. The lowest BCUT2D eigenvalue weighted by molar-refractivity contribution is -0.114. The van der Waals surface area contributed by atoms with E-state index in [4.69, 9.17) is 0 Å². The van der Waals surface area contributed by atoms with Crippen LogP contribution in [0.15, 0.2) is 17.1 Å². The fraction of sp³-hybridized carbons (Fsp3) is 0.692. The van der Waals surface area contributed by atoms with Crippen molar-refractivity contribution in [2.24, 2.45) is 4.99 Å². The first kappa shape index (κ1) is 23.7. The molecular weight excluding hydrogens is 186 g/mol. The summed E-state index contributed by atoms with van der Waals surface area (Å²) >= 11 is 0. The lowest BCUT2D eigenvalue weighted by Crippen LogP contribution is -1.79. The number of allylic oxidation sites excluding steroid dienone is 2. The Hall–Kier alpha value is -0.920. The van der Waals surface area contributed by atoms with Crippen molar-refractivity contribution in [3.8, 4) is 0 Å². The van der Waals surface area contributed by atoms with Crippen LogP contribution in [0.25, 0.3) is 0 Å². The zero-order valence-electron chi connectivity index (χ0n) is 12.0. The van der Waals surface area contributed by atoms with E-state index in [9.17, 15) is 4.79 Å². The third-order valence-corrected chi connectivity index (χ3v) is 0.761. The van der Waals surface area contributed by atoms with Gasteiger partial charge in [0.05, 0.1) is 0 Å². The molecule has 2 heteroatoms. The third kappa shape index (κ3) is 96.5. The second-order valence-electron chi connectivity index (χ2n) is 2.27. The summed E-state index contributed by atoms with van der Waals surface area (Å²) in [4.78, 5) is 13.4. The third-order valence-electron chi connectivity index (χ3n) is 0.761. The molecule has 0 unspecified atom stereocenters. The molecule has 0 radical (unpaired) electrons. The maximum atomic E-state index is 9.44. The van der Waals surface area contributed by atoms with Gasteiger partial charge in [0.1, 0.15) is 5.78 Å². The lowest BCUT2D eigenvalue weighted by Gasteiger charge is -1.80. The second-order valence-corrected chi connectivity index (χ2v) is 2.27. The largest absolute Gasteiger partial charge is 0.300 e. The number of ketones is 1. The van der Waals surface area contributed by atoms with Gasteiger partial charge in [-0.25, -0.2) is 0 Å². The maximum absolute atomic E-state index is 9.44. The van der Waals surface area contributed by atoms with Gasteiger partial charge in [-0.1, -0.05) is 33.8 Å². The summed E-state index contributed by atoms with van der Waals surface area (Å²) in [5.41, 5.74) is 1.07. The molecule has 0 heterocycles. The molecule has 0 aliphatic heterocycles. The normalized spacial score (nSPS) is 8.73. The van der Waals surface area contributed by atoms with Crippen LogP contribution < -0.4 is 0 Å². The van der Waals surface area contributed by atoms with Crippen LogP contribution in [-0.4, -0.2) is 18.5 Å². The van der Waals surface area contributed by atoms with Crippen molar-refractivity contribution in [1.29, 1.82) is 0 Å². The van der Waals surface area contributed by atoms with Crippen LogP contribution in [0.4, 0.5) is 0 Å². The van der Waals surface area contributed by atoms with Gasteiger partial charge in [-0.05, 0) is 33.8 Å². The molecule has 0 N–H and O–H groups in total. The van der Waals surface area contributed by atoms with Gasteiger partial charge in [-0.3, -0.25) is 4.99 Å². The van der Waals surface area contributed by atoms with Gasteiger partial charge in [0.2, 0.25) is 0 Å². The molecule has 0 aliphatic rings. The SMILES string of the molecule is C/C=C\C(C)=NC.CC.CC.CC(C)=O. The molecule has 0 aromatic carbocycles. The van der Waals surface area contributed by atoms with Crippen LogP contribution in [-0.2, 0) is 4.79 Å². The molecule has 0 amide bonds. The number of hydrogen-bond donors (Lipinski definition) is 0. The van der Waals surface area contributed by atoms with Crippen LogP contribution in [0.2, 0.25) is 0 Å². The predicted molar refractivity (Wildman–Crippen MR) is 72.9 cm³/mol. The van der Waals surface area contributed by atoms with E-state index < -0.39 is 0 Å². The fourth-order valence-electron chi connectivity index (χ4n) is 0.316. The number of rotatable bonds is 1. The minimum atomic E-state index is 0.167. The van der Waals surface area contributed by atoms with Gasteiger partial charge in [-0.2, -0.15) is 0 Å². The number of aliphatic imine (C=N–C) groups is 1. The first-order valence-electron chi connectivity index (χ1n) is 5.57.